The third-order valence-corrected chi connectivity index (χ3v) is 4.75. The second-order valence-electron chi connectivity index (χ2n) is 6.41. The number of unbranched alkanes of at least 4 members (excludes halogenated alkanes) is 1. The average molecular weight is 368 g/mol. The third-order valence-electron chi connectivity index (χ3n) is 4.75. The molecule has 2 aliphatic rings. The maximum atomic E-state index is 12.3. The quantitative estimate of drug-likeness (QED) is 0.286. The van der Waals surface area contributed by atoms with Crippen LogP contribution >= 0.6 is 0 Å². The zero-order valence-corrected chi connectivity index (χ0v) is 15.4. The van der Waals surface area contributed by atoms with Gasteiger partial charge >= 0.3 is 41.9 Å². The molecule has 0 amide bonds. The van der Waals surface area contributed by atoms with Gasteiger partial charge in [0.2, 0.25) is 0 Å². The molecule has 0 heterocycles. The Morgan fingerprint density at radius 2 is 1.58 bits per heavy atom. The second kappa shape index (κ2) is 8.29. The summed E-state index contributed by atoms with van der Waals surface area (Å²) < 4.78 is 78.5. The zero-order chi connectivity index (χ0) is 17.3. The van der Waals surface area contributed by atoms with Gasteiger partial charge in [0.05, 0.1) is 6.61 Å². The summed E-state index contributed by atoms with van der Waals surface area (Å²) in [6.45, 7) is -2.20. The van der Waals surface area contributed by atoms with E-state index in [0.717, 1.165) is 19.3 Å². The molecule has 0 aromatic heterocycles. The van der Waals surface area contributed by atoms with E-state index >= 15 is 0 Å². The number of rotatable bonds is 7. The van der Waals surface area contributed by atoms with E-state index in [1.165, 1.54) is 0 Å². The molecule has 0 aliphatic heterocycles. The van der Waals surface area contributed by atoms with Crippen LogP contribution in [0.3, 0.4) is 0 Å². The number of allylic oxidation sites excluding steroid dienone is 2. The van der Waals surface area contributed by atoms with E-state index in [0.29, 0.717) is 30.6 Å². The van der Waals surface area contributed by atoms with Gasteiger partial charge in [-0.3, -0.25) is 0 Å². The fourth-order valence-corrected chi connectivity index (χ4v) is 3.38. The zero-order valence-electron chi connectivity index (χ0n) is 13.4. The summed E-state index contributed by atoms with van der Waals surface area (Å²) in [4.78, 5) is 0. The van der Waals surface area contributed by atoms with Crippen molar-refractivity contribution in [3.8, 4) is 0 Å². The smallest absolute Gasteiger partial charge is 0.835 e. The largest absolute Gasteiger partial charge is 1.00 e. The molecule has 0 N–H and O–H groups in total. The average Bonchev–Trinajstić information content (AvgIpc) is 3.02. The minimum Gasteiger partial charge on any atom is -0.835 e. The van der Waals surface area contributed by atoms with Crippen molar-refractivity contribution >= 4 is 0 Å². The Balaban J connectivity index is 0.00000288. The van der Waals surface area contributed by atoms with E-state index in [2.05, 4.69) is 16.9 Å². The first-order valence-corrected chi connectivity index (χ1v) is 7.64. The van der Waals surface area contributed by atoms with Crippen molar-refractivity contribution in [1.82, 2.24) is 0 Å². The molecular weight excluding hydrogens is 349 g/mol. The first kappa shape index (κ1) is 22.3. The van der Waals surface area contributed by atoms with Crippen LogP contribution in [-0.4, -0.2) is 31.2 Å². The van der Waals surface area contributed by atoms with E-state index in [-0.39, 0.29) is 36.2 Å². The van der Waals surface area contributed by atoms with Gasteiger partial charge in [0.1, 0.15) is 5.60 Å². The molecule has 3 unspecified atom stereocenters. The van der Waals surface area contributed by atoms with Crippen LogP contribution in [0.25, 0.3) is 0 Å². The molecule has 2 rings (SSSR count). The van der Waals surface area contributed by atoms with Crippen LogP contribution in [-0.2, 0) is 4.74 Å². The van der Waals surface area contributed by atoms with E-state index in [1.807, 2.05) is 0 Å². The van der Waals surface area contributed by atoms with Crippen molar-refractivity contribution in [2.45, 2.75) is 50.1 Å². The molecule has 2 bridgehead atoms. The molecule has 0 aromatic carbocycles. The topological polar surface area (TPSA) is 32.3 Å². The number of hydrogen-bond acceptors (Lipinski definition) is 2. The molecular formula is C15H19F6NaO2. The van der Waals surface area contributed by atoms with Crippen LogP contribution in [0.2, 0.25) is 0 Å². The monoisotopic (exact) mass is 368 g/mol. The standard InChI is InChI=1S/C15H19F6O2.Na/c16-14(17,18)13(22,15(19,20)21)9-23-6-2-1-3-11-7-10-4-5-12(11)8-10;/h4-5,10-12H,1-3,6-9H2;/q-1;+1. The van der Waals surface area contributed by atoms with Gasteiger partial charge in [-0.1, -0.05) is 18.6 Å². The number of ether oxygens (including phenoxy) is 1. The summed E-state index contributed by atoms with van der Waals surface area (Å²) in [7, 11) is 0. The molecule has 24 heavy (non-hydrogen) atoms. The van der Waals surface area contributed by atoms with Crippen molar-refractivity contribution in [2.75, 3.05) is 13.2 Å². The van der Waals surface area contributed by atoms with Crippen LogP contribution in [0.15, 0.2) is 12.2 Å². The van der Waals surface area contributed by atoms with E-state index in [9.17, 15) is 31.4 Å². The molecule has 1 fully saturated rings. The summed E-state index contributed by atoms with van der Waals surface area (Å²) in [5, 5.41) is 11.1. The van der Waals surface area contributed by atoms with Crippen molar-refractivity contribution in [3.63, 3.8) is 0 Å². The number of halogens is 6. The summed E-state index contributed by atoms with van der Waals surface area (Å²) in [6, 6.07) is 0. The first-order valence-electron chi connectivity index (χ1n) is 7.64. The van der Waals surface area contributed by atoms with Gasteiger partial charge in [-0.05, 0) is 43.4 Å². The number of fused-ring (bicyclic) bond motifs is 2. The maximum absolute atomic E-state index is 12.3. The van der Waals surface area contributed by atoms with Crippen LogP contribution in [0.1, 0.15) is 32.1 Å². The van der Waals surface area contributed by atoms with Crippen LogP contribution in [0.5, 0.6) is 0 Å². The Bertz CT molecular complexity index is 421. The minimum absolute atomic E-state index is 0. The molecule has 2 nitrogen and oxygen atoms in total. The summed E-state index contributed by atoms with van der Waals surface area (Å²) >= 11 is 0. The van der Waals surface area contributed by atoms with Crippen molar-refractivity contribution in [1.29, 1.82) is 0 Å². The third kappa shape index (κ3) is 4.90. The molecule has 0 spiro atoms. The molecule has 0 aromatic rings. The first-order chi connectivity index (χ1) is 10.5. The van der Waals surface area contributed by atoms with Crippen molar-refractivity contribution < 1.29 is 65.7 Å². The molecule has 9 heteroatoms. The maximum Gasteiger partial charge on any atom is 1.00 e. The Labute approximate surface area is 158 Å². The Morgan fingerprint density at radius 1 is 0.958 bits per heavy atom. The summed E-state index contributed by atoms with van der Waals surface area (Å²) in [6.07, 6.45) is -3.31. The van der Waals surface area contributed by atoms with E-state index < -0.39 is 24.6 Å². The fourth-order valence-electron chi connectivity index (χ4n) is 3.38. The molecule has 3 atom stereocenters. The second-order valence-corrected chi connectivity index (χ2v) is 6.41. The molecule has 134 valence electrons. The van der Waals surface area contributed by atoms with Gasteiger partial charge in [-0.25, -0.2) is 0 Å². The Hall–Kier alpha value is 0.240. The summed E-state index contributed by atoms with van der Waals surface area (Å²) in [5.41, 5.74) is -5.06. The Kier molecular flexibility index (Phi) is 7.70. The normalized spacial score (nSPS) is 26.7. The van der Waals surface area contributed by atoms with Crippen LogP contribution in [0, 0.1) is 17.8 Å². The SMILES string of the molecule is [Na+].[O-]C(COCCCCC1CC2C=CC1C2)(C(F)(F)F)C(F)(F)F. The van der Waals surface area contributed by atoms with Crippen LogP contribution in [0.4, 0.5) is 26.3 Å². The van der Waals surface area contributed by atoms with Gasteiger partial charge in [0.25, 0.3) is 0 Å². The van der Waals surface area contributed by atoms with Gasteiger partial charge in [0.15, 0.2) is 0 Å². The molecule has 0 saturated heterocycles. The van der Waals surface area contributed by atoms with Crippen molar-refractivity contribution in [2.24, 2.45) is 17.8 Å². The number of hydrogen-bond donors (Lipinski definition) is 0. The predicted molar refractivity (Wildman–Crippen MR) is 68.4 cm³/mol. The predicted octanol–water partition coefficient (Wildman–Crippen LogP) is 0.613. The van der Waals surface area contributed by atoms with Crippen LogP contribution < -0.4 is 34.7 Å². The molecule has 0 radical (unpaired) electrons. The van der Waals surface area contributed by atoms with E-state index in [4.69, 9.17) is 0 Å². The Morgan fingerprint density at radius 3 is 2.04 bits per heavy atom. The van der Waals surface area contributed by atoms with Crippen molar-refractivity contribution in [3.05, 3.63) is 12.2 Å². The summed E-state index contributed by atoms with van der Waals surface area (Å²) in [5.74, 6) is 1.74. The van der Waals surface area contributed by atoms with Gasteiger partial charge in [-0.2, -0.15) is 26.3 Å². The molecule has 1 saturated carbocycles. The fraction of sp³-hybridized carbons (Fsp3) is 0.867. The van der Waals surface area contributed by atoms with E-state index in [1.54, 1.807) is 0 Å². The minimum atomic E-state index is -5.93. The number of alkyl halides is 6. The molecule has 2 aliphatic carbocycles. The van der Waals surface area contributed by atoms with Gasteiger partial charge in [-0.15, -0.1) is 0 Å². The van der Waals surface area contributed by atoms with Gasteiger partial charge < -0.3 is 9.84 Å². The van der Waals surface area contributed by atoms with Gasteiger partial charge in [0, 0.05) is 6.61 Å².